The van der Waals surface area contributed by atoms with Gasteiger partial charge < -0.3 is 19.8 Å². The minimum Gasteiger partial charge on any atom is -0.475 e. The van der Waals surface area contributed by atoms with Crippen LogP contribution in [-0.2, 0) is 19.1 Å². The number of ether oxygens (including phenoxy) is 1. The quantitative estimate of drug-likeness (QED) is 0.303. The second kappa shape index (κ2) is 13.3. The van der Waals surface area contributed by atoms with Crippen LogP contribution in [0.3, 0.4) is 0 Å². The number of nitrogens with zero attached hydrogens (tertiary/aromatic N) is 2. The summed E-state index contributed by atoms with van der Waals surface area (Å²) in [7, 11) is 0. The lowest BCUT2D eigenvalue weighted by Gasteiger charge is -2.31. The molecule has 2 atom stereocenters. The summed E-state index contributed by atoms with van der Waals surface area (Å²) in [6, 6.07) is 0. The molecule has 3 aliphatic rings. The molecule has 0 aromatic heterocycles. The Kier molecular flexibility index (Phi) is 11.7. The molecule has 3 fully saturated rings. The summed E-state index contributed by atoms with van der Waals surface area (Å²) >= 11 is 0. The summed E-state index contributed by atoms with van der Waals surface area (Å²) < 4.78 is 69.0. The number of alkyl halides is 6. The van der Waals surface area contributed by atoms with Crippen molar-refractivity contribution < 1.29 is 55.7 Å². The van der Waals surface area contributed by atoms with E-state index >= 15 is 0 Å². The third-order valence-electron chi connectivity index (χ3n) is 6.11. The molecule has 2 N–H and O–H groups in total. The predicted octanol–water partition coefficient (Wildman–Crippen LogP) is 3.43. The van der Waals surface area contributed by atoms with Gasteiger partial charge in [0.1, 0.15) is 0 Å². The fraction of sp³-hybridized carbons (Fsp3) is 0.773. The van der Waals surface area contributed by atoms with Crippen molar-refractivity contribution in [2.75, 3.05) is 45.9 Å². The molecule has 1 saturated carbocycles. The average Bonchev–Trinajstić information content (AvgIpc) is 3.52. The summed E-state index contributed by atoms with van der Waals surface area (Å²) in [5.74, 6) is -4.15. The Bertz CT molecular complexity index is 747. The first-order valence-electron chi connectivity index (χ1n) is 11.4. The lowest BCUT2D eigenvalue weighted by atomic mass is 9.75. The van der Waals surface area contributed by atoms with Crippen LogP contribution in [0, 0.1) is 17.3 Å². The van der Waals surface area contributed by atoms with Gasteiger partial charge in [-0.25, -0.2) is 9.59 Å². The van der Waals surface area contributed by atoms with E-state index in [1.54, 1.807) is 0 Å². The Morgan fingerprint density at radius 1 is 1.03 bits per heavy atom. The zero-order valence-corrected chi connectivity index (χ0v) is 19.9. The SMILES string of the molecule is C=CCN1C[C@@H]2CN(CC3CC3)CCC[C@]2(C(=O)OCC)C1.O=C(O)C(F)(F)F.O=C(O)C(F)(F)F. The molecule has 0 radical (unpaired) electrons. The van der Waals surface area contributed by atoms with Gasteiger partial charge in [0.15, 0.2) is 0 Å². The number of likely N-dealkylation sites (tertiary alicyclic amines) is 2. The van der Waals surface area contributed by atoms with Crippen LogP contribution in [0.15, 0.2) is 12.7 Å². The number of rotatable bonds is 6. The van der Waals surface area contributed by atoms with Gasteiger partial charge in [0.2, 0.25) is 0 Å². The second-order valence-corrected chi connectivity index (χ2v) is 8.97. The number of esters is 1. The van der Waals surface area contributed by atoms with Crippen LogP contribution >= 0.6 is 0 Å². The number of carbonyl (C=O) groups is 3. The maximum atomic E-state index is 12.8. The molecule has 1 aliphatic carbocycles. The van der Waals surface area contributed by atoms with Crippen molar-refractivity contribution >= 4 is 17.9 Å². The Morgan fingerprint density at radius 3 is 1.94 bits per heavy atom. The van der Waals surface area contributed by atoms with Gasteiger partial charge in [0, 0.05) is 38.6 Å². The fourth-order valence-corrected chi connectivity index (χ4v) is 4.38. The van der Waals surface area contributed by atoms with Gasteiger partial charge >= 0.3 is 30.3 Å². The third kappa shape index (κ3) is 9.96. The number of halogens is 6. The van der Waals surface area contributed by atoms with Gasteiger partial charge in [-0.2, -0.15) is 26.3 Å². The van der Waals surface area contributed by atoms with E-state index in [9.17, 15) is 31.1 Å². The first-order valence-corrected chi connectivity index (χ1v) is 11.4. The van der Waals surface area contributed by atoms with Gasteiger partial charge in [0.05, 0.1) is 12.0 Å². The highest BCUT2D eigenvalue weighted by molar-refractivity contribution is 5.78. The lowest BCUT2D eigenvalue weighted by molar-refractivity contribution is -0.193. The number of hydrogen-bond acceptors (Lipinski definition) is 6. The van der Waals surface area contributed by atoms with Gasteiger partial charge in [-0.05, 0) is 45.1 Å². The lowest BCUT2D eigenvalue weighted by Crippen LogP contribution is -2.42. The summed E-state index contributed by atoms with van der Waals surface area (Å²) in [5, 5.41) is 14.2. The van der Waals surface area contributed by atoms with Crippen LogP contribution in [0.5, 0.6) is 0 Å². The molecule has 14 heteroatoms. The van der Waals surface area contributed by atoms with E-state index in [0.717, 1.165) is 51.5 Å². The maximum absolute atomic E-state index is 12.8. The number of aliphatic carboxylic acids is 2. The Labute approximate surface area is 204 Å². The molecule has 2 heterocycles. The van der Waals surface area contributed by atoms with E-state index in [0.29, 0.717) is 12.5 Å². The Balaban J connectivity index is 0.000000383. The highest BCUT2D eigenvalue weighted by Crippen LogP contribution is 2.44. The number of carboxylic acids is 2. The molecule has 8 nitrogen and oxygen atoms in total. The Morgan fingerprint density at radius 2 is 1.53 bits per heavy atom. The van der Waals surface area contributed by atoms with Crippen LogP contribution in [-0.4, -0.2) is 96.1 Å². The second-order valence-electron chi connectivity index (χ2n) is 8.97. The summed E-state index contributed by atoms with van der Waals surface area (Å²) in [4.78, 5) is 35.5. The smallest absolute Gasteiger partial charge is 0.475 e. The summed E-state index contributed by atoms with van der Waals surface area (Å²) in [6.07, 6.45) is -3.33. The van der Waals surface area contributed by atoms with Crippen molar-refractivity contribution in [3.05, 3.63) is 12.7 Å². The molecule has 0 aromatic rings. The molecule has 36 heavy (non-hydrogen) atoms. The predicted molar refractivity (Wildman–Crippen MR) is 115 cm³/mol. The van der Waals surface area contributed by atoms with Crippen molar-refractivity contribution in [1.82, 2.24) is 9.80 Å². The highest BCUT2D eigenvalue weighted by Gasteiger charge is 2.53. The molecular formula is C22H32F6N2O6. The van der Waals surface area contributed by atoms with E-state index in [1.165, 1.54) is 19.4 Å². The number of carbonyl (C=O) groups excluding carboxylic acids is 1. The molecule has 0 spiro atoms. The molecule has 2 saturated heterocycles. The number of carboxylic acid groups (broad SMARTS) is 2. The van der Waals surface area contributed by atoms with E-state index in [1.807, 2.05) is 13.0 Å². The van der Waals surface area contributed by atoms with Crippen molar-refractivity contribution in [1.29, 1.82) is 0 Å². The number of hydrogen-bond donors (Lipinski definition) is 2. The van der Waals surface area contributed by atoms with Crippen LogP contribution < -0.4 is 0 Å². The monoisotopic (exact) mass is 534 g/mol. The molecule has 0 bridgehead atoms. The number of fused-ring (bicyclic) bond motifs is 1. The summed E-state index contributed by atoms with van der Waals surface area (Å²) in [5.41, 5.74) is -0.280. The van der Waals surface area contributed by atoms with Crippen molar-refractivity contribution in [3.63, 3.8) is 0 Å². The van der Waals surface area contributed by atoms with E-state index in [4.69, 9.17) is 24.5 Å². The summed E-state index contributed by atoms with van der Waals surface area (Å²) in [6.45, 7) is 12.4. The molecule has 0 unspecified atom stereocenters. The highest BCUT2D eigenvalue weighted by atomic mass is 19.4. The molecule has 0 aromatic carbocycles. The molecule has 208 valence electrons. The van der Waals surface area contributed by atoms with Crippen LogP contribution in [0.1, 0.15) is 32.6 Å². The molecule has 3 rings (SSSR count). The molecule has 2 aliphatic heterocycles. The van der Waals surface area contributed by atoms with Gasteiger partial charge in [0.25, 0.3) is 0 Å². The maximum Gasteiger partial charge on any atom is 0.490 e. The first kappa shape index (κ1) is 31.7. The van der Waals surface area contributed by atoms with E-state index in [-0.39, 0.29) is 11.4 Å². The Hall–Kier alpha value is -2.35. The van der Waals surface area contributed by atoms with Crippen molar-refractivity contribution in [2.45, 2.75) is 45.0 Å². The largest absolute Gasteiger partial charge is 0.490 e. The molecular weight excluding hydrogens is 502 g/mol. The van der Waals surface area contributed by atoms with Gasteiger partial charge in [-0.3, -0.25) is 9.69 Å². The van der Waals surface area contributed by atoms with Gasteiger partial charge in [-0.15, -0.1) is 6.58 Å². The van der Waals surface area contributed by atoms with E-state index < -0.39 is 24.3 Å². The van der Waals surface area contributed by atoms with Crippen molar-refractivity contribution in [2.24, 2.45) is 17.3 Å². The van der Waals surface area contributed by atoms with Gasteiger partial charge in [-0.1, -0.05) is 6.08 Å². The zero-order chi connectivity index (χ0) is 27.7. The van der Waals surface area contributed by atoms with Crippen molar-refractivity contribution in [3.8, 4) is 0 Å². The topological polar surface area (TPSA) is 107 Å². The normalized spacial score (nSPS) is 24.7. The third-order valence-corrected chi connectivity index (χ3v) is 6.11. The minimum absolute atomic E-state index is 0.0415. The fourth-order valence-electron chi connectivity index (χ4n) is 4.38. The standard InChI is InChI=1S/C18H30N2O2.2C2HF3O2/c1-3-9-20-13-16-12-19(11-15-6-7-15)10-5-8-18(16,14-20)17(21)22-4-2;2*3-2(4,5)1(6)7/h3,15-16H,1,4-14H2,2H3;2*(H,6,7)/t16-,18-;;/m0../s1. The van der Waals surface area contributed by atoms with Crippen LogP contribution in [0.25, 0.3) is 0 Å². The average molecular weight is 534 g/mol. The van der Waals surface area contributed by atoms with E-state index in [2.05, 4.69) is 16.4 Å². The van der Waals surface area contributed by atoms with Crippen LogP contribution in [0.2, 0.25) is 0 Å². The molecule has 0 amide bonds. The van der Waals surface area contributed by atoms with Crippen LogP contribution in [0.4, 0.5) is 26.3 Å². The minimum atomic E-state index is -5.08. The zero-order valence-electron chi connectivity index (χ0n) is 19.9. The first-order chi connectivity index (χ1) is 16.6.